The van der Waals surface area contributed by atoms with Crippen molar-refractivity contribution in [2.24, 2.45) is 0 Å². The molecule has 6 nitrogen and oxygen atoms in total. The van der Waals surface area contributed by atoms with E-state index in [2.05, 4.69) is 22.2 Å². The molecule has 0 spiro atoms. The summed E-state index contributed by atoms with van der Waals surface area (Å²) >= 11 is 1.37. The predicted octanol–water partition coefficient (Wildman–Crippen LogP) is 3.42. The number of thiazole rings is 1. The van der Waals surface area contributed by atoms with Crippen LogP contribution in [0.5, 0.6) is 0 Å². The number of fused-ring (bicyclic) bond motifs is 5. The number of benzene rings is 1. The molecule has 0 radical (unpaired) electrons. The Morgan fingerprint density at radius 1 is 1.37 bits per heavy atom. The largest absolute Gasteiger partial charge is 0.352 e. The summed E-state index contributed by atoms with van der Waals surface area (Å²) in [5, 5.41) is 3.02. The molecule has 8 heteroatoms. The zero-order valence-electron chi connectivity index (χ0n) is 16.5. The quantitative estimate of drug-likeness (QED) is 0.545. The number of halogens is 1. The van der Waals surface area contributed by atoms with Gasteiger partial charge in [-0.15, -0.1) is 11.3 Å². The predicted molar refractivity (Wildman–Crippen MR) is 117 cm³/mol. The van der Waals surface area contributed by atoms with Crippen molar-refractivity contribution < 1.29 is 9.18 Å². The molecule has 154 valence electrons. The van der Waals surface area contributed by atoms with Crippen LogP contribution < -0.4 is 10.7 Å². The van der Waals surface area contributed by atoms with Crippen LogP contribution in [-0.4, -0.2) is 46.4 Å². The van der Waals surface area contributed by atoms with Gasteiger partial charge in [-0.25, -0.2) is 9.37 Å². The van der Waals surface area contributed by atoms with Crippen LogP contribution >= 0.6 is 11.3 Å². The zero-order valence-corrected chi connectivity index (χ0v) is 17.3. The van der Waals surface area contributed by atoms with Crippen molar-refractivity contribution in [1.29, 1.82) is 0 Å². The maximum Gasteiger partial charge on any atom is 0.258 e. The van der Waals surface area contributed by atoms with Crippen molar-refractivity contribution in [1.82, 2.24) is 19.6 Å². The molecule has 1 atom stereocenters. The first-order valence-electron chi connectivity index (χ1n) is 10.0. The van der Waals surface area contributed by atoms with Gasteiger partial charge >= 0.3 is 0 Å². The van der Waals surface area contributed by atoms with Crippen molar-refractivity contribution in [3.8, 4) is 0 Å². The fourth-order valence-corrected chi connectivity index (χ4v) is 5.54. The second-order valence-corrected chi connectivity index (χ2v) is 8.79. The molecule has 1 fully saturated rings. The van der Waals surface area contributed by atoms with E-state index in [1.165, 1.54) is 17.8 Å². The third kappa shape index (κ3) is 3.07. The van der Waals surface area contributed by atoms with Crippen molar-refractivity contribution in [2.75, 3.05) is 20.1 Å². The zero-order chi connectivity index (χ0) is 20.8. The summed E-state index contributed by atoms with van der Waals surface area (Å²) < 4.78 is 16.6. The smallest absolute Gasteiger partial charge is 0.258 e. The summed E-state index contributed by atoms with van der Waals surface area (Å²) in [6.07, 6.45) is 4.22. The normalized spacial score (nSPS) is 17.3. The third-order valence-corrected chi connectivity index (χ3v) is 7.05. The topological polar surface area (TPSA) is 66.7 Å². The van der Waals surface area contributed by atoms with Crippen molar-refractivity contribution in [3.05, 3.63) is 58.1 Å². The van der Waals surface area contributed by atoms with Gasteiger partial charge in [-0.1, -0.05) is 12.1 Å². The molecule has 1 unspecified atom stereocenters. The summed E-state index contributed by atoms with van der Waals surface area (Å²) in [5.74, 6) is -1.02. The number of rotatable bonds is 4. The van der Waals surface area contributed by atoms with Crippen LogP contribution in [0.15, 0.2) is 41.3 Å². The Morgan fingerprint density at radius 2 is 2.20 bits per heavy atom. The second-order valence-electron chi connectivity index (χ2n) is 7.76. The maximum absolute atomic E-state index is 13.9. The summed E-state index contributed by atoms with van der Waals surface area (Å²) in [6, 6.07) is 9.25. The molecule has 1 saturated heterocycles. The van der Waals surface area contributed by atoms with E-state index in [0.717, 1.165) is 41.9 Å². The fraction of sp³-hybridized carbons (Fsp3) is 0.318. The average molecular weight is 425 g/mol. The summed E-state index contributed by atoms with van der Waals surface area (Å²) in [4.78, 5) is 33.3. The maximum atomic E-state index is 13.9. The molecule has 0 saturated carbocycles. The minimum Gasteiger partial charge on any atom is -0.352 e. The number of hydrogen-bond donors (Lipinski definition) is 1. The molecule has 4 heterocycles. The van der Waals surface area contributed by atoms with Crippen LogP contribution in [-0.2, 0) is 0 Å². The van der Waals surface area contributed by atoms with Crippen LogP contribution in [0.25, 0.3) is 26.1 Å². The number of carbonyl (C=O) groups excluding carboxylic acids is 1. The molecular formula is C22H21FN4O2S. The molecule has 1 N–H and O–H groups in total. The SMILES string of the molecule is CN1CCCC1CCNC(=O)c1c(=O)c2cc(F)cnc2n2c1sc1ccccc12. The monoisotopic (exact) mass is 424 g/mol. The summed E-state index contributed by atoms with van der Waals surface area (Å²) in [5.41, 5.74) is 0.760. The molecule has 0 bridgehead atoms. The lowest BCUT2D eigenvalue weighted by Gasteiger charge is -2.19. The van der Waals surface area contributed by atoms with E-state index >= 15 is 0 Å². The van der Waals surface area contributed by atoms with Gasteiger partial charge in [0, 0.05) is 12.6 Å². The van der Waals surface area contributed by atoms with E-state index in [-0.39, 0.29) is 10.9 Å². The first-order valence-corrected chi connectivity index (χ1v) is 10.9. The first kappa shape index (κ1) is 19.1. The van der Waals surface area contributed by atoms with Crippen LogP contribution in [0.2, 0.25) is 0 Å². The molecule has 1 aromatic carbocycles. The van der Waals surface area contributed by atoms with Gasteiger partial charge in [0.15, 0.2) is 0 Å². The lowest BCUT2D eigenvalue weighted by atomic mass is 10.1. The second kappa shape index (κ2) is 7.45. The number of hydrogen-bond acceptors (Lipinski definition) is 5. The number of carbonyl (C=O) groups is 1. The number of likely N-dealkylation sites (tertiary alicyclic amines) is 1. The minimum atomic E-state index is -0.602. The Labute approximate surface area is 175 Å². The van der Waals surface area contributed by atoms with E-state index in [9.17, 15) is 14.0 Å². The highest BCUT2D eigenvalue weighted by Gasteiger charge is 2.24. The summed E-state index contributed by atoms with van der Waals surface area (Å²) in [7, 11) is 2.09. The van der Waals surface area contributed by atoms with Gasteiger partial charge in [-0.2, -0.15) is 0 Å². The Kier molecular flexibility index (Phi) is 4.75. The molecule has 3 aromatic heterocycles. The molecular weight excluding hydrogens is 403 g/mol. The Balaban J connectivity index is 1.62. The van der Waals surface area contributed by atoms with Gasteiger partial charge in [-0.05, 0) is 51.1 Å². The number of aromatic nitrogens is 2. The van der Waals surface area contributed by atoms with Crippen LogP contribution in [0.1, 0.15) is 29.6 Å². The minimum absolute atomic E-state index is 0.0517. The van der Waals surface area contributed by atoms with E-state index in [1.54, 1.807) is 4.40 Å². The molecule has 0 aliphatic carbocycles. The van der Waals surface area contributed by atoms with E-state index in [1.807, 2.05) is 24.3 Å². The highest BCUT2D eigenvalue weighted by Crippen LogP contribution is 2.30. The molecule has 5 rings (SSSR count). The fourth-order valence-electron chi connectivity index (χ4n) is 4.35. The Hall–Kier alpha value is -2.84. The van der Waals surface area contributed by atoms with E-state index in [4.69, 9.17) is 0 Å². The molecule has 1 aliphatic heterocycles. The Morgan fingerprint density at radius 3 is 3.00 bits per heavy atom. The van der Waals surface area contributed by atoms with Crippen LogP contribution in [0.4, 0.5) is 4.39 Å². The van der Waals surface area contributed by atoms with E-state index in [0.29, 0.717) is 23.1 Å². The van der Waals surface area contributed by atoms with E-state index < -0.39 is 17.2 Å². The molecule has 4 aromatic rings. The van der Waals surface area contributed by atoms with Gasteiger partial charge in [0.1, 0.15) is 21.9 Å². The molecule has 1 aliphatic rings. The van der Waals surface area contributed by atoms with Gasteiger partial charge in [0.05, 0.1) is 21.8 Å². The van der Waals surface area contributed by atoms with Crippen molar-refractivity contribution >= 4 is 43.3 Å². The molecule has 1 amide bonds. The average Bonchev–Trinajstić information content (AvgIpc) is 3.31. The third-order valence-electron chi connectivity index (χ3n) is 5.91. The van der Waals surface area contributed by atoms with Crippen molar-refractivity contribution in [3.63, 3.8) is 0 Å². The number of amides is 1. The lowest BCUT2D eigenvalue weighted by Crippen LogP contribution is -2.34. The van der Waals surface area contributed by atoms with Crippen LogP contribution in [0, 0.1) is 5.82 Å². The number of nitrogens with one attached hydrogen (secondary N) is 1. The van der Waals surface area contributed by atoms with Gasteiger partial charge in [0.25, 0.3) is 5.91 Å². The number of nitrogens with zero attached hydrogens (tertiary/aromatic N) is 3. The molecule has 30 heavy (non-hydrogen) atoms. The number of pyridine rings is 2. The highest BCUT2D eigenvalue weighted by molar-refractivity contribution is 7.24. The van der Waals surface area contributed by atoms with Gasteiger partial charge in [-0.3, -0.25) is 14.0 Å². The number of para-hydroxylation sites is 1. The first-order chi connectivity index (χ1) is 14.5. The van der Waals surface area contributed by atoms with Crippen molar-refractivity contribution in [2.45, 2.75) is 25.3 Å². The lowest BCUT2D eigenvalue weighted by molar-refractivity contribution is 0.0951. The van der Waals surface area contributed by atoms with Crippen LogP contribution in [0.3, 0.4) is 0 Å². The standard InChI is InChI=1S/C22H21FN4O2S/c1-26-10-4-5-14(26)8-9-24-21(29)18-19(28)15-11-13(23)12-25-20(15)27-16-6-2-3-7-17(16)30-22(18)27/h2-3,6-7,11-12,14H,4-5,8-10H2,1H3,(H,24,29). The summed E-state index contributed by atoms with van der Waals surface area (Å²) in [6.45, 7) is 1.56. The van der Waals surface area contributed by atoms with Gasteiger partial charge in [0.2, 0.25) is 5.43 Å². The highest BCUT2D eigenvalue weighted by atomic mass is 32.1. The Bertz CT molecular complexity index is 1350. The van der Waals surface area contributed by atoms with Gasteiger partial charge < -0.3 is 10.2 Å².